The fourth-order valence-electron chi connectivity index (χ4n) is 4.43. The highest BCUT2D eigenvalue weighted by atomic mass is 32.2. The number of hydrogen-bond donors (Lipinski definition) is 1. The van der Waals surface area contributed by atoms with Gasteiger partial charge < -0.3 is 19.4 Å². The first-order chi connectivity index (χ1) is 19.1. The molecule has 4 rings (SSSR count). The van der Waals surface area contributed by atoms with Crippen LogP contribution in [0.1, 0.15) is 17.0 Å². The monoisotopic (exact) mass is 559 g/mol. The van der Waals surface area contributed by atoms with E-state index in [1.165, 1.54) is 30.3 Å². The number of nitrogens with two attached hydrogens (primary N) is 1. The molecule has 0 saturated carbocycles. The molecule has 0 aromatic heterocycles. The minimum Gasteiger partial charge on any atom is -0.466 e. The van der Waals surface area contributed by atoms with Gasteiger partial charge >= 0.3 is 22.1 Å². The zero-order valence-corrected chi connectivity index (χ0v) is 22.6. The first-order valence-electron chi connectivity index (χ1n) is 11.9. The van der Waals surface area contributed by atoms with Crippen molar-refractivity contribution in [3.63, 3.8) is 0 Å². The Bertz CT molecular complexity index is 1680. The molecule has 0 radical (unpaired) electrons. The lowest BCUT2D eigenvalue weighted by molar-refractivity contribution is -0.139. The molecular weight excluding hydrogens is 534 g/mol. The van der Waals surface area contributed by atoms with E-state index >= 15 is 0 Å². The first-order valence-corrected chi connectivity index (χ1v) is 13.3. The van der Waals surface area contributed by atoms with Gasteiger partial charge in [-0.3, -0.25) is 4.90 Å². The van der Waals surface area contributed by atoms with Gasteiger partial charge in [0.15, 0.2) is 0 Å². The topological polar surface area (TPSA) is 149 Å². The lowest BCUT2D eigenvalue weighted by atomic mass is 9.81. The van der Waals surface area contributed by atoms with Crippen molar-refractivity contribution in [2.75, 3.05) is 19.1 Å². The highest BCUT2D eigenvalue weighted by Crippen LogP contribution is 2.43. The van der Waals surface area contributed by atoms with E-state index in [0.717, 1.165) is 19.1 Å². The van der Waals surface area contributed by atoms with Crippen LogP contribution in [0.4, 0.5) is 5.69 Å². The molecule has 1 atom stereocenters. The van der Waals surface area contributed by atoms with Crippen LogP contribution in [0.5, 0.6) is 5.75 Å². The molecule has 3 aromatic carbocycles. The third-order valence-corrected chi connectivity index (χ3v) is 7.65. The number of anilines is 1. The molecule has 11 heteroatoms. The average molecular weight is 560 g/mol. The van der Waals surface area contributed by atoms with Crippen LogP contribution in [-0.2, 0) is 29.2 Å². The summed E-state index contributed by atoms with van der Waals surface area (Å²) in [5, 5.41) is 10.2. The van der Waals surface area contributed by atoms with E-state index in [4.69, 9.17) is 19.4 Å². The van der Waals surface area contributed by atoms with Gasteiger partial charge in [-0.15, -0.1) is 0 Å². The lowest BCUT2D eigenvalue weighted by Gasteiger charge is -2.36. The van der Waals surface area contributed by atoms with E-state index < -0.39 is 28.0 Å². The van der Waals surface area contributed by atoms with Gasteiger partial charge in [0.05, 0.1) is 37.4 Å². The number of rotatable bonds is 7. The number of benzene rings is 3. The molecule has 0 saturated heterocycles. The highest BCUT2D eigenvalue weighted by Gasteiger charge is 2.43. The van der Waals surface area contributed by atoms with E-state index in [0.29, 0.717) is 11.1 Å². The fraction of sp³-hybridized carbons (Fsp3) is 0.138. The number of nitriles is 1. The molecule has 1 heterocycles. The summed E-state index contributed by atoms with van der Waals surface area (Å²) >= 11 is 0. The average Bonchev–Trinajstić information content (AvgIpc) is 2.96. The Labute approximate surface area is 231 Å². The van der Waals surface area contributed by atoms with Crippen molar-refractivity contribution in [1.82, 2.24) is 0 Å². The van der Waals surface area contributed by atoms with Gasteiger partial charge in [-0.2, -0.15) is 13.7 Å². The molecule has 0 bridgehead atoms. The van der Waals surface area contributed by atoms with Crippen LogP contribution in [-0.4, -0.2) is 34.6 Å². The molecule has 0 fully saturated rings. The van der Waals surface area contributed by atoms with Gasteiger partial charge in [-0.25, -0.2) is 9.59 Å². The Morgan fingerprint density at radius 3 is 2.10 bits per heavy atom. The van der Waals surface area contributed by atoms with Gasteiger partial charge in [0.1, 0.15) is 22.2 Å². The second kappa shape index (κ2) is 11.3. The van der Waals surface area contributed by atoms with Gasteiger partial charge in [-0.1, -0.05) is 54.6 Å². The third kappa shape index (κ3) is 5.12. The van der Waals surface area contributed by atoms with Crippen molar-refractivity contribution in [2.45, 2.75) is 17.7 Å². The second-order valence-corrected chi connectivity index (χ2v) is 10.2. The first kappa shape index (κ1) is 27.9. The van der Waals surface area contributed by atoms with Crippen molar-refractivity contribution in [3.8, 4) is 11.8 Å². The molecule has 0 amide bonds. The number of carbonyl (C=O) groups excluding carboxylic acids is 2. The Hall–Kier alpha value is -5.08. The normalized spacial score (nSPS) is 15.3. The lowest BCUT2D eigenvalue weighted by Crippen LogP contribution is -2.40. The predicted molar refractivity (Wildman–Crippen MR) is 145 cm³/mol. The molecule has 204 valence electrons. The molecule has 2 N–H and O–H groups in total. The number of para-hydroxylation sites is 1. The Kier molecular flexibility index (Phi) is 7.93. The van der Waals surface area contributed by atoms with E-state index in [1.807, 2.05) is 0 Å². The van der Waals surface area contributed by atoms with E-state index in [9.17, 15) is 23.3 Å². The van der Waals surface area contributed by atoms with Crippen LogP contribution in [0, 0.1) is 18.3 Å². The van der Waals surface area contributed by atoms with Crippen molar-refractivity contribution >= 4 is 27.7 Å². The molecule has 1 aliphatic heterocycles. The number of methoxy groups -OCH3 is 2. The van der Waals surface area contributed by atoms with Crippen LogP contribution in [0.25, 0.3) is 0 Å². The molecule has 0 aliphatic carbocycles. The Morgan fingerprint density at radius 2 is 1.52 bits per heavy atom. The molecule has 1 aliphatic rings. The SMILES string of the molecule is COC(=O)C1=C(C(=O)OC)N(c2ccc(C)c(S(=O)(=O)Oc3ccccc3)c2)C(N)=C(C#N)C1c1ccccc1. The van der Waals surface area contributed by atoms with Gasteiger partial charge in [-0.05, 0) is 42.3 Å². The number of aryl methyl sites for hydroxylation is 1. The Balaban J connectivity index is 1.98. The maximum atomic E-state index is 13.3. The minimum atomic E-state index is -4.35. The van der Waals surface area contributed by atoms with Crippen LogP contribution in [0.2, 0.25) is 0 Å². The summed E-state index contributed by atoms with van der Waals surface area (Å²) in [7, 11) is -2.08. The number of ether oxygens (including phenoxy) is 2. The summed E-state index contributed by atoms with van der Waals surface area (Å²) in [4.78, 5) is 27.4. The number of hydrogen-bond acceptors (Lipinski definition) is 10. The summed E-state index contributed by atoms with van der Waals surface area (Å²) in [6.07, 6.45) is 0. The quantitative estimate of drug-likeness (QED) is 0.336. The molecule has 40 heavy (non-hydrogen) atoms. The van der Waals surface area contributed by atoms with Crippen LogP contribution in [0.15, 0.2) is 106 Å². The zero-order chi connectivity index (χ0) is 29.0. The minimum absolute atomic E-state index is 0.0511. The van der Waals surface area contributed by atoms with Crippen LogP contribution >= 0.6 is 0 Å². The number of carbonyl (C=O) groups is 2. The highest BCUT2D eigenvalue weighted by molar-refractivity contribution is 7.87. The predicted octanol–water partition coefficient (Wildman–Crippen LogP) is 3.66. The summed E-state index contributed by atoms with van der Waals surface area (Å²) in [5.41, 5.74) is 6.86. The van der Waals surface area contributed by atoms with E-state index in [2.05, 4.69) is 6.07 Å². The maximum absolute atomic E-state index is 13.3. The largest absolute Gasteiger partial charge is 0.466 e. The van der Waals surface area contributed by atoms with E-state index in [-0.39, 0.29) is 39.0 Å². The Morgan fingerprint density at radius 1 is 0.925 bits per heavy atom. The number of nitrogens with zero attached hydrogens (tertiary/aromatic N) is 2. The van der Waals surface area contributed by atoms with Crippen LogP contribution < -0.4 is 14.8 Å². The number of esters is 2. The summed E-state index contributed by atoms with van der Waals surface area (Å²) < 4.78 is 41.9. The standard InChI is InChI=1S/C29H25N3O7S/c1-18-14-15-20(16-23(18)40(35,36)39-21-12-8-5-9-13-21)32-26(29(34)38-3)25(28(33)37-2)24(22(17-30)27(32)31)19-10-6-4-7-11-19/h4-16,24H,31H2,1-3H3. The molecule has 1 unspecified atom stereocenters. The van der Waals surface area contributed by atoms with Crippen molar-refractivity contribution < 1.29 is 31.7 Å². The molecule has 0 spiro atoms. The third-order valence-electron chi connectivity index (χ3n) is 6.26. The van der Waals surface area contributed by atoms with Crippen molar-refractivity contribution in [3.05, 3.63) is 113 Å². The molecule has 3 aromatic rings. The van der Waals surface area contributed by atoms with E-state index in [1.54, 1.807) is 55.5 Å². The van der Waals surface area contributed by atoms with Gasteiger partial charge in [0.25, 0.3) is 0 Å². The summed E-state index contributed by atoms with van der Waals surface area (Å²) in [6, 6.07) is 22.8. The van der Waals surface area contributed by atoms with Crippen LogP contribution in [0.3, 0.4) is 0 Å². The summed E-state index contributed by atoms with van der Waals surface area (Å²) in [6.45, 7) is 1.57. The zero-order valence-electron chi connectivity index (χ0n) is 21.8. The molecule has 10 nitrogen and oxygen atoms in total. The summed E-state index contributed by atoms with van der Waals surface area (Å²) in [5.74, 6) is -3.00. The van der Waals surface area contributed by atoms with Gasteiger partial charge in [0, 0.05) is 5.69 Å². The molecular formula is C29H25N3O7S. The maximum Gasteiger partial charge on any atom is 0.355 e. The van der Waals surface area contributed by atoms with Crippen molar-refractivity contribution in [1.29, 1.82) is 5.26 Å². The number of allylic oxidation sites excluding steroid dienone is 1. The van der Waals surface area contributed by atoms with Crippen molar-refractivity contribution in [2.24, 2.45) is 5.73 Å². The smallest absolute Gasteiger partial charge is 0.355 e. The fourth-order valence-corrected chi connectivity index (χ4v) is 5.61. The van der Waals surface area contributed by atoms with Gasteiger partial charge in [0.2, 0.25) is 0 Å². The second-order valence-electron chi connectivity index (χ2n) is 8.64.